The van der Waals surface area contributed by atoms with Gasteiger partial charge >= 0.3 is 0 Å². The molecule has 1 heteroatoms. The summed E-state index contributed by atoms with van der Waals surface area (Å²) in [6.45, 7) is 4.69. The zero-order valence-corrected chi connectivity index (χ0v) is 10.8. The van der Waals surface area contributed by atoms with E-state index in [1.54, 1.807) is 0 Å². The van der Waals surface area contributed by atoms with Crippen molar-refractivity contribution in [3.8, 4) is 0 Å². The van der Waals surface area contributed by atoms with E-state index in [0.29, 0.717) is 17.8 Å². The van der Waals surface area contributed by atoms with E-state index in [2.05, 4.69) is 44.2 Å². The van der Waals surface area contributed by atoms with E-state index in [1.807, 2.05) is 0 Å². The molecule has 92 valence electrons. The van der Waals surface area contributed by atoms with Crippen molar-refractivity contribution in [2.75, 3.05) is 0 Å². The van der Waals surface area contributed by atoms with Crippen LogP contribution in [0.4, 0.5) is 0 Å². The third-order valence-electron chi connectivity index (χ3n) is 4.55. The van der Waals surface area contributed by atoms with Gasteiger partial charge in [0, 0.05) is 6.42 Å². The zero-order chi connectivity index (χ0) is 12.3. The molecule has 1 aliphatic rings. The molecule has 0 radical (unpaired) electrons. The molecule has 1 aromatic rings. The van der Waals surface area contributed by atoms with Crippen LogP contribution in [-0.4, -0.2) is 6.29 Å². The second-order valence-corrected chi connectivity index (χ2v) is 5.51. The third kappa shape index (κ3) is 2.59. The highest BCUT2D eigenvalue weighted by Crippen LogP contribution is 2.45. The average molecular weight is 230 g/mol. The first-order valence-electron chi connectivity index (χ1n) is 6.72. The predicted octanol–water partition coefficient (Wildman–Crippen LogP) is 4.04. The van der Waals surface area contributed by atoms with Gasteiger partial charge in [-0.05, 0) is 35.7 Å². The van der Waals surface area contributed by atoms with E-state index in [-0.39, 0.29) is 0 Å². The van der Waals surface area contributed by atoms with Crippen LogP contribution in [0.3, 0.4) is 0 Å². The normalized spacial score (nSPS) is 33.3. The summed E-state index contributed by atoms with van der Waals surface area (Å²) >= 11 is 0. The largest absolute Gasteiger partial charge is 0.303 e. The molecule has 1 aliphatic carbocycles. The van der Waals surface area contributed by atoms with Crippen LogP contribution < -0.4 is 0 Å². The fourth-order valence-electron chi connectivity index (χ4n) is 3.34. The highest BCUT2D eigenvalue weighted by Gasteiger charge is 2.35. The first-order chi connectivity index (χ1) is 8.24. The molecule has 0 aliphatic heterocycles. The molecule has 1 nitrogen and oxygen atoms in total. The van der Waals surface area contributed by atoms with Crippen molar-refractivity contribution in [1.82, 2.24) is 0 Å². The predicted molar refractivity (Wildman–Crippen MR) is 70.9 cm³/mol. The molecule has 0 N–H and O–H groups in total. The first-order valence-corrected chi connectivity index (χ1v) is 6.72. The van der Waals surface area contributed by atoms with E-state index in [4.69, 9.17) is 0 Å². The van der Waals surface area contributed by atoms with Crippen molar-refractivity contribution in [2.24, 2.45) is 17.8 Å². The molecule has 2 rings (SSSR count). The van der Waals surface area contributed by atoms with Crippen molar-refractivity contribution in [3.05, 3.63) is 35.9 Å². The van der Waals surface area contributed by atoms with Gasteiger partial charge in [-0.25, -0.2) is 0 Å². The highest BCUT2D eigenvalue weighted by atomic mass is 16.1. The number of hydrogen-bond donors (Lipinski definition) is 0. The summed E-state index contributed by atoms with van der Waals surface area (Å²) in [5.74, 6) is 2.55. The van der Waals surface area contributed by atoms with Crippen LogP contribution in [-0.2, 0) is 4.79 Å². The quantitative estimate of drug-likeness (QED) is 0.716. The number of hydrogen-bond acceptors (Lipinski definition) is 1. The molecule has 0 aromatic heterocycles. The Hall–Kier alpha value is -1.11. The summed E-state index contributed by atoms with van der Waals surface area (Å²) in [5, 5.41) is 0. The fraction of sp³-hybridized carbons (Fsp3) is 0.562. The van der Waals surface area contributed by atoms with Gasteiger partial charge in [0.25, 0.3) is 0 Å². The Morgan fingerprint density at radius 3 is 2.53 bits per heavy atom. The summed E-state index contributed by atoms with van der Waals surface area (Å²) in [6, 6.07) is 10.7. The van der Waals surface area contributed by atoms with Crippen molar-refractivity contribution in [1.29, 1.82) is 0 Å². The maximum atomic E-state index is 10.8. The van der Waals surface area contributed by atoms with Crippen molar-refractivity contribution < 1.29 is 4.79 Å². The van der Waals surface area contributed by atoms with E-state index in [9.17, 15) is 4.79 Å². The topological polar surface area (TPSA) is 17.1 Å². The Balaban J connectivity index is 2.26. The minimum atomic E-state index is 0.543. The summed E-state index contributed by atoms with van der Waals surface area (Å²) in [6.07, 6.45) is 4.28. The van der Waals surface area contributed by atoms with Crippen LogP contribution in [0.25, 0.3) is 0 Å². The van der Waals surface area contributed by atoms with Gasteiger partial charge in [0.05, 0.1) is 0 Å². The van der Waals surface area contributed by atoms with Crippen LogP contribution in [0.2, 0.25) is 0 Å². The van der Waals surface area contributed by atoms with E-state index in [1.165, 1.54) is 18.4 Å². The van der Waals surface area contributed by atoms with Gasteiger partial charge in [-0.3, -0.25) is 0 Å². The van der Waals surface area contributed by atoms with Gasteiger partial charge in [0.1, 0.15) is 6.29 Å². The maximum absolute atomic E-state index is 10.8. The van der Waals surface area contributed by atoms with Crippen LogP contribution in [0.5, 0.6) is 0 Å². The van der Waals surface area contributed by atoms with Gasteiger partial charge in [-0.1, -0.05) is 50.6 Å². The van der Waals surface area contributed by atoms with Crippen molar-refractivity contribution in [3.63, 3.8) is 0 Å². The molecule has 1 saturated carbocycles. The van der Waals surface area contributed by atoms with E-state index >= 15 is 0 Å². The number of carbonyl (C=O) groups excluding carboxylic acids is 1. The van der Waals surface area contributed by atoms with E-state index in [0.717, 1.165) is 18.6 Å². The van der Waals surface area contributed by atoms with Gasteiger partial charge < -0.3 is 4.79 Å². The lowest BCUT2D eigenvalue weighted by Crippen LogP contribution is -2.30. The molecule has 4 atom stereocenters. The molecule has 1 fully saturated rings. The smallest absolute Gasteiger partial charge is 0.120 e. The van der Waals surface area contributed by atoms with Crippen LogP contribution in [0.1, 0.15) is 44.6 Å². The molecular formula is C16H22O. The zero-order valence-electron chi connectivity index (χ0n) is 10.8. The molecular weight excluding hydrogens is 208 g/mol. The van der Waals surface area contributed by atoms with Crippen molar-refractivity contribution in [2.45, 2.75) is 39.0 Å². The van der Waals surface area contributed by atoms with Gasteiger partial charge in [0.15, 0.2) is 0 Å². The van der Waals surface area contributed by atoms with Gasteiger partial charge in [-0.15, -0.1) is 0 Å². The molecule has 0 heterocycles. The van der Waals surface area contributed by atoms with Gasteiger partial charge in [0.2, 0.25) is 0 Å². The summed E-state index contributed by atoms with van der Waals surface area (Å²) in [5.41, 5.74) is 1.42. The lowest BCUT2D eigenvalue weighted by molar-refractivity contribution is -0.109. The summed E-state index contributed by atoms with van der Waals surface area (Å²) in [7, 11) is 0. The standard InChI is InChI=1S/C16H22O/c1-12-8-9-15(10-11-17)16(13(12)2)14-6-4-3-5-7-14/h3-7,11-13,15-16H,8-10H2,1-2H3. The summed E-state index contributed by atoms with van der Waals surface area (Å²) < 4.78 is 0. The molecule has 0 saturated heterocycles. The fourth-order valence-corrected chi connectivity index (χ4v) is 3.34. The third-order valence-corrected chi connectivity index (χ3v) is 4.55. The van der Waals surface area contributed by atoms with Crippen LogP contribution in [0.15, 0.2) is 30.3 Å². The Labute approximate surface area is 104 Å². The van der Waals surface area contributed by atoms with Crippen LogP contribution in [0, 0.1) is 17.8 Å². The molecule has 1 aromatic carbocycles. The Kier molecular flexibility index (Phi) is 3.98. The molecule has 0 spiro atoms. The monoisotopic (exact) mass is 230 g/mol. The number of aldehydes is 1. The molecule has 0 amide bonds. The number of carbonyl (C=O) groups is 1. The average Bonchev–Trinajstić information content (AvgIpc) is 2.36. The van der Waals surface area contributed by atoms with Gasteiger partial charge in [-0.2, -0.15) is 0 Å². The minimum absolute atomic E-state index is 0.543. The minimum Gasteiger partial charge on any atom is -0.303 e. The number of benzene rings is 1. The molecule has 4 unspecified atom stereocenters. The Morgan fingerprint density at radius 1 is 1.18 bits per heavy atom. The highest BCUT2D eigenvalue weighted by molar-refractivity contribution is 5.50. The van der Waals surface area contributed by atoms with E-state index < -0.39 is 0 Å². The lowest BCUT2D eigenvalue weighted by atomic mass is 9.64. The molecule has 0 bridgehead atoms. The first kappa shape index (κ1) is 12.3. The van der Waals surface area contributed by atoms with Crippen LogP contribution >= 0.6 is 0 Å². The maximum Gasteiger partial charge on any atom is 0.120 e. The Bertz CT molecular complexity index is 357. The second-order valence-electron chi connectivity index (χ2n) is 5.51. The number of rotatable bonds is 3. The van der Waals surface area contributed by atoms with Crippen molar-refractivity contribution >= 4 is 6.29 Å². The lowest BCUT2D eigenvalue weighted by Gasteiger charge is -2.40. The Morgan fingerprint density at radius 2 is 1.88 bits per heavy atom. The second kappa shape index (κ2) is 5.48. The SMILES string of the molecule is CC1CCC(CC=O)C(c2ccccc2)C1C. The summed E-state index contributed by atoms with van der Waals surface area (Å²) in [4.78, 5) is 10.8. The molecule has 17 heavy (non-hydrogen) atoms.